The van der Waals surface area contributed by atoms with E-state index < -0.39 is 0 Å². The van der Waals surface area contributed by atoms with E-state index in [1.54, 1.807) is 0 Å². The van der Waals surface area contributed by atoms with Gasteiger partial charge in [-0.25, -0.2) is 0 Å². The second-order valence-electron chi connectivity index (χ2n) is 2.60. The van der Waals surface area contributed by atoms with Crippen molar-refractivity contribution in [1.29, 1.82) is 0 Å². The molecule has 68 valence electrons. The number of nitrogens with zero attached hydrogens (tertiary/aromatic N) is 1. The van der Waals surface area contributed by atoms with E-state index in [4.69, 9.17) is 0 Å². The highest BCUT2D eigenvalue weighted by atomic mass is 15.1. The summed E-state index contributed by atoms with van der Waals surface area (Å²) in [5.74, 6) is 0. The maximum atomic E-state index is 3.83. The van der Waals surface area contributed by atoms with Crippen LogP contribution in [0.1, 0.15) is 34.1 Å². The molecule has 0 spiro atoms. The first-order valence-electron chi connectivity index (χ1n) is 4.49. The molecule has 0 aromatic heterocycles. The highest BCUT2D eigenvalue weighted by Gasteiger charge is 1.92. The van der Waals surface area contributed by atoms with Gasteiger partial charge in [0.15, 0.2) is 0 Å². The van der Waals surface area contributed by atoms with Gasteiger partial charge in [-0.15, -0.1) is 6.58 Å². The summed E-state index contributed by atoms with van der Waals surface area (Å²) < 4.78 is 0. The van der Waals surface area contributed by atoms with Crippen molar-refractivity contribution in [3.05, 3.63) is 12.2 Å². The van der Waals surface area contributed by atoms with Crippen LogP contribution in [0.25, 0.3) is 0 Å². The van der Waals surface area contributed by atoms with Gasteiger partial charge in [0.1, 0.15) is 0 Å². The number of hydrogen-bond acceptors (Lipinski definition) is 1. The molecule has 0 saturated carbocycles. The molecule has 0 unspecified atom stereocenters. The zero-order chi connectivity index (χ0) is 9.28. The van der Waals surface area contributed by atoms with Crippen LogP contribution in [0.5, 0.6) is 0 Å². The number of rotatable bonds is 4. The molecule has 0 aliphatic carbocycles. The van der Waals surface area contributed by atoms with Gasteiger partial charge in [-0.1, -0.05) is 26.3 Å². The Balaban J connectivity index is 0. The number of hydrogen-bond donors (Lipinski definition) is 0. The van der Waals surface area contributed by atoms with Gasteiger partial charge in [-0.2, -0.15) is 0 Å². The van der Waals surface area contributed by atoms with Crippen LogP contribution in [0.3, 0.4) is 0 Å². The van der Waals surface area contributed by atoms with E-state index in [0.29, 0.717) is 0 Å². The fourth-order valence-corrected chi connectivity index (χ4v) is 0.540. The van der Waals surface area contributed by atoms with E-state index in [1.165, 1.54) is 5.57 Å². The second kappa shape index (κ2) is 9.70. The lowest BCUT2D eigenvalue weighted by atomic mass is 10.2. The minimum atomic E-state index is 1.13. The lowest BCUT2D eigenvalue weighted by Gasteiger charge is -2.12. The molecule has 11 heavy (non-hydrogen) atoms. The van der Waals surface area contributed by atoms with Gasteiger partial charge < -0.3 is 4.90 Å². The summed E-state index contributed by atoms with van der Waals surface area (Å²) in [7, 11) is 2.13. The molecule has 0 heterocycles. The van der Waals surface area contributed by atoms with Gasteiger partial charge in [0.05, 0.1) is 0 Å². The van der Waals surface area contributed by atoms with E-state index in [2.05, 4.69) is 32.4 Å². The molecule has 0 aliphatic heterocycles. The second-order valence-corrected chi connectivity index (χ2v) is 2.60. The highest BCUT2D eigenvalue weighted by molar-refractivity contribution is 4.88. The van der Waals surface area contributed by atoms with E-state index in [9.17, 15) is 0 Å². The fourth-order valence-electron chi connectivity index (χ4n) is 0.540. The maximum Gasteiger partial charge on any atom is 0.00152 e. The minimum absolute atomic E-state index is 1.13. The van der Waals surface area contributed by atoms with Crippen molar-refractivity contribution < 1.29 is 0 Å². The highest BCUT2D eigenvalue weighted by Crippen LogP contribution is 1.95. The van der Waals surface area contributed by atoms with Gasteiger partial charge in [0, 0.05) is 6.54 Å². The average molecular weight is 157 g/mol. The molecule has 0 amide bonds. The first kappa shape index (κ1) is 13.3. The summed E-state index contributed by atoms with van der Waals surface area (Å²) in [6, 6.07) is 0. The Labute approximate surface area is 72.1 Å². The summed E-state index contributed by atoms with van der Waals surface area (Å²) >= 11 is 0. The Morgan fingerprint density at radius 1 is 1.36 bits per heavy atom. The zero-order valence-electron chi connectivity index (χ0n) is 8.78. The molecule has 0 bridgehead atoms. The van der Waals surface area contributed by atoms with Crippen molar-refractivity contribution in [3.63, 3.8) is 0 Å². The van der Waals surface area contributed by atoms with Gasteiger partial charge in [0.25, 0.3) is 0 Å². The molecule has 0 N–H and O–H groups in total. The summed E-state index contributed by atoms with van der Waals surface area (Å²) in [5.41, 5.74) is 1.27. The monoisotopic (exact) mass is 157 g/mol. The SMILES string of the molecule is C=C(C)CCN(C)CC.CC. The van der Waals surface area contributed by atoms with Crippen LogP contribution >= 0.6 is 0 Å². The van der Waals surface area contributed by atoms with Crippen LogP contribution in [0.15, 0.2) is 12.2 Å². The van der Waals surface area contributed by atoms with Crippen LogP contribution in [0.4, 0.5) is 0 Å². The molecule has 0 rings (SSSR count). The minimum Gasteiger partial charge on any atom is -0.306 e. The maximum absolute atomic E-state index is 3.83. The largest absolute Gasteiger partial charge is 0.306 e. The molecule has 1 nitrogen and oxygen atoms in total. The van der Waals surface area contributed by atoms with Gasteiger partial charge in [-0.3, -0.25) is 0 Å². The Morgan fingerprint density at radius 2 is 1.82 bits per heavy atom. The zero-order valence-corrected chi connectivity index (χ0v) is 8.78. The molecule has 0 atom stereocenters. The van der Waals surface area contributed by atoms with Crippen molar-refractivity contribution in [3.8, 4) is 0 Å². The predicted molar refractivity (Wildman–Crippen MR) is 54.0 cm³/mol. The Kier molecular flexibility index (Phi) is 11.7. The van der Waals surface area contributed by atoms with Crippen molar-refractivity contribution in [1.82, 2.24) is 4.90 Å². The topological polar surface area (TPSA) is 3.24 Å². The van der Waals surface area contributed by atoms with Crippen LogP contribution in [0.2, 0.25) is 0 Å². The summed E-state index contributed by atoms with van der Waals surface area (Å²) in [6.07, 6.45) is 1.13. The van der Waals surface area contributed by atoms with Crippen molar-refractivity contribution in [2.45, 2.75) is 34.1 Å². The third-order valence-electron chi connectivity index (χ3n) is 1.46. The standard InChI is InChI=1S/C8H17N.C2H6/c1-5-9(4)7-6-8(2)3;1-2/h2,5-7H2,1,3-4H3;1-2H3. The van der Waals surface area contributed by atoms with E-state index in [-0.39, 0.29) is 0 Å². The van der Waals surface area contributed by atoms with Crippen molar-refractivity contribution >= 4 is 0 Å². The first-order chi connectivity index (χ1) is 5.16. The Morgan fingerprint density at radius 3 is 2.09 bits per heavy atom. The lowest BCUT2D eigenvalue weighted by Crippen LogP contribution is -2.18. The quantitative estimate of drug-likeness (QED) is 0.567. The van der Waals surface area contributed by atoms with Crippen LogP contribution in [-0.2, 0) is 0 Å². The molecule has 0 aromatic rings. The Bertz CT molecular complexity index is 86.9. The summed E-state index contributed by atoms with van der Waals surface area (Å²) in [4.78, 5) is 2.29. The van der Waals surface area contributed by atoms with Gasteiger partial charge in [0.2, 0.25) is 0 Å². The predicted octanol–water partition coefficient (Wildman–Crippen LogP) is 2.93. The molecule has 0 fully saturated rings. The molecule has 0 aromatic carbocycles. The van der Waals surface area contributed by atoms with E-state index in [1.807, 2.05) is 13.8 Å². The summed E-state index contributed by atoms with van der Waals surface area (Å²) in [5, 5.41) is 0. The third kappa shape index (κ3) is 12.8. The summed E-state index contributed by atoms with van der Waals surface area (Å²) in [6.45, 7) is 14.3. The average Bonchev–Trinajstić information content (AvgIpc) is 2.04. The van der Waals surface area contributed by atoms with Crippen molar-refractivity contribution in [2.24, 2.45) is 0 Å². The smallest absolute Gasteiger partial charge is 0.00152 e. The molecular weight excluding hydrogens is 134 g/mol. The molecule has 0 radical (unpaired) electrons. The molecule has 0 aliphatic rings. The van der Waals surface area contributed by atoms with Crippen LogP contribution in [0, 0.1) is 0 Å². The van der Waals surface area contributed by atoms with Gasteiger partial charge >= 0.3 is 0 Å². The van der Waals surface area contributed by atoms with Gasteiger partial charge in [-0.05, 0) is 26.9 Å². The molecule has 1 heteroatoms. The molecule has 0 saturated heterocycles. The van der Waals surface area contributed by atoms with E-state index in [0.717, 1.165) is 19.5 Å². The Hall–Kier alpha value is -0.300. The fraction of sp³-hybridized carbons (Fsp3) is 0.800. The van der Waals surface area contributed by atoms with Crippen LogP contribution in [-0.4, -0.2) is 25.0 Å². The van der Waals surface area contributed by atoms with E-state index >= 15 is 0 Å². The first-order valence-corrected chi connectivity index (χ1v) is 4.49. The molecular formula is C10H23N. The normalized spacial score (nSPS) is 8.91. The third-order valence-corrected chi connectivity index (χ3v) is 1.46. The van der Waals surface area contributed by atoms with Crippen molar-refractivity contribution in [2.75, 3.05) is 20.1 Å². The van der Waals surface area contributed by atoms with Crippen LogP contribution < -0.4 is 0 Å². The lowest BCUT2D eigenvalue weighted by molar-refractivity contribution is 0.357.